The number of hydrogen-bond acceptors (Lipinski definition) is 3. The van der Waals surface area contributed by atoms with Crippen LogP contribution in [0.2, 0.25) is 0 Å². The van der Waals surface area contributed by atoms with Gasteiger partial charge in [0.25, 0.3) is 5.78 Å². The maximum Gasteiger partial charge on any atom is 0.321 e. The number of allylic oxidation sites excluding steroid dienone is 3. The molecule has 0 saturated carbocycles. The number of Topliss-reactive ketones (excluding diaryl/α,β-unsaturated/α-hetero) is 1. The topological polar surface area (TPSA) is 68.6 Å². The van der Waals surface area contributed by atoms with E-state index in [0.717, 1.165) is 10.6 Å². The van der Waals surface area contributed by atoms with Crippen LogP contribution in [0.15, 0.2) is 36.7 Å². The Bertz CT molecular complexity index is 1030. The van der Waals surface area contributed by atoms with E-state index in [0.29, 0.717) is 0 Å². The normalized spacial score (nSPS) is 10.9. The van der Waals surface area contributed by atoms with E-state index >= 15 is 0 Å². The molecule has 1 aromatic carbocycles. The fourth-order valence-corrected chi connectivity index (χ4v) is 2.41. The number of hydrogen-bond donors (Lipinski definition) is 1. The number of aromatic nitrogens is 1. The minimum absolute atomic E-state index is 0.192. The number of nitriles is 1. The monoisotopic (exact) mass is 374 g/mol. The van der Waals surface area contributed by atoms with Crippen molar-refractivity contribution in [1.29, 1.82) is 10.7 Å². The minimum Gasteiger partial charge on any atom is -0.281 e. The third-order valence-electron chi connectivity index (χ3n) is 3.60. The van der Waals surface area contributed by atoms with Crippen LogP contribution >= 0.6 is 0 Å². The summed E-state index contributed by atoms with van der Waals surface area (Å²) in [5, 5.41) is 16.5. The fourth-order valence-electron chi connectivity index (χ4n) is 2.41. The highest BCUT2D eigenvalue weighted by molar-refractivity contribution is 6.29. The van der Waals surface area contributed by atoms with E-state index in [-0.39, 0.29) is 6.42 Å². The van der Waals surface area contributed by atoms with Gasteiger partial charge in [0.15, 0.2) is 35.7 Å². The SMILES string of the molecule is CC/C=C(/C#N)c1c(F)c(F)c(F)c(F)c1C(=O)C(=C=N)[n+]1ccccc1. The third-order valence-corrected chi connectivity index (χ3v) is 3.60. The lowest BCUT2D eigenvalue weighted by atomic mass is 9.93. The van der Waals surface area contributed by atoms with E-state index in [4.69, 9.17) is 5.41 Å². The molecule has 0 radical (unpaired) electrons. The van der Waals surface area contributed by atoms with Gasteiger partial charge in [-0.3, -0.25) is 10.2 Å². The van der Waals surface area contributed by atoms with Crippen molar-refractivity contribution in [2.24, 2.45) is 0 Å². The van der Waals surface area contributed by atoms with Crippen molar-refractivity contribution < 1.29 is 26.9 Å². The van der Waals surface area contributed by atoms with Gasteiger partial charge >= 0.3 is 5.70 Å². The highest BCUT2D eigenvalue weighted by atomic mass is 19.2. The summed E-state index contributed by atoms with van der Waals surface area (Å²) in [5.74, 6) is -7.67. The van der Waals surface area contributed by atoms with Crippen molar-refractivity contribution in [2.75, 3.05) is 0 Å². The summed E-state index contributed by atoms with van der Waals surface area (Å²) in [6.45, 7) is 1.58. The Morgan fingerprint density at radius 1 is 1.07 bits per heavy atom. The number of nitrogens with one attached hydrogen (secondary N) is 1. The van der Waals surface area contributed by atoms with E-state index in [1.807, 2.05) is 0 Å². The Morgan fingerprint density at radius 3 is 2.11 bits per heavy atom. The largest absolute Gasteiger partial charge is 0.321 e. The first kappa shape index (κ1) is 19.8. The van der Waals surface area contributed by atoms with Crippen LogP contribution in [-0.2, 0) is 0 Å². The molecule has 0 aliphatic carbocycles. The van der Waals surface area contributed by atoms with E-state index in [2.05, 4.69) is 0 Å². The number of halogens is 4. The van der Waals surface area contributed by atoms with Gasteiger partial charge in [0.2, 0.25) is 0 Å². The molecule has 1 heterocycles. The van der Waals surface area contributed by atoms with Crippen LogP contribution in [0.5, 0.6) is 0 Å². The van der Waals surface area contributed by atoms with Gasteiger partial charge in [-0.15, -0.1) is 0 Å². The first-order valence-corrected chi connectivity index (χ1v) is 7.66. The second kappa shape index (κ2) is 8.21. The average Bonchev–Trinajstić information content (AvgIpc) is 2.68. The molecule has 2 rings (SSSR count). The molecule has 0 fully saturated rings. The Balaban J connectivity index is 2.87. The molecule has 0 atom stereocenters. The van der Waals surface area contributed by atoms with Gasteiger partial charge in [0.05, 0.1) is 23.1 Å². The summed E-state index contributed by atoms with van der Waals surface area (Å²) in [5.41, 5.74) is -3.28. The van der Waals surface area contributed by atoms with Gasteiger partial charge < -0.3 is 0 Å². The number of rotatable bonds is 5. The lowest BCUT2D eigenvalue weighted by molar-refractivity contribution is -0.575. The molecule has 0 bridgehead atoms. The lowest BCUT2D eigenvalue weighted by Gasteiger charge is -2.11. The smallest absolute Gasteiger partial charge is 0.281 e. The number of carbonyl (C=O) groups is 1. The van der Waals surface area contributed by atoms with Gasteiger partial charge in [-0.2, -0.15) is 9.83 Å². The molecule has 1 N–H and O–H groups in total. The van der Waals surface area contributed by atoms with Gasteiger partial charge in [0.1, 0.15) is 0 Å². The van der Waals surface area contributed by atoms with Crippen LogP contribution in [0.4, 0.5) is 17.6 Å². The molecule has 2 aromatic rings. The number of pyridine rings is 1. The molecule has 136 valence electrons. The van der Waals surface area contributed by atoms with Crippen LogP contribution in [0.1, 0.15) is 29.3 Å². The zero-order chi connectivity index (χ0) is 20.1. The molecule has 27 heavy (non-hydrogen) atoms. The molecule has 0 saturated heterocycles. The van der Waals surface area contributed by atoms with E-state index in [9.17, 15) is 27.6 Å². The highest BCUT2D eigenvalue weighted by Crippen LogP contribution is 2.31. The summed E-state index contributed by atoms with van der Waals surface area (Å²) in [7, 11) is 0. The van der Waals surface area contributed by atoms with E-state index < -0.39 is 51.4 Å². The van der Waals surface area contributed by atoms with Crippen molar-refractivity contribution in [1.82, 2.24) is 0 Å². The number of benzene rings is 1. The molecular formula is C19H12F4N3O+. The Labute approximate surface area is 151 Å². The second-order valence-electron chi connectivity index (χ2n) is 5.23. The van der Waals surface area contributed by atoms with Gasteiger partial charge in [-0.05, 0) is 6.42 Å². The molecule has 0 unspecified atom stereocenters. The average molecular weight is 374 g/mol. The minimum atomic E-state index is -2.18. The quantitative estimate of drug-likeness (QED) is 0.126. The van der Waals surface area contributed by atoms with Gasteiger partial charge in [0, 0.05) is 17.7 Å². The van der Waals surface area contributed by atoms with Crippen LogP contribution in [0.25, 0.3) is 11.3 Å². The van der Waals surface area contributed by atoms with E-state index in [1.165, 1.54) is 24.5 Å². The van der Waals surface area contributed by atoms with E-state index in [1.54, 1.807) is 24.9 Å². The molecule has 0 aliphatic heterocycles. The molecular weight excluding hydrogens is 362 g/mol. The van der Waals surface area contributed by atoms with Crippen molar-refractivity contribution in [2.45, 2.75) is 13.3 Å². The number of carbonyl (C=O) groups excluding carboxylic acids is 1. The van der Waals surface area contributed by atoms with Crippen molar-refractivity contribution in [3.63, 3.8) is 0 Å². The first-order chi connectivity index (χ1) is 12.9. The van der Waals surface area contributed by atoms with Crippen LogP contribution in [0.3, 0.4) is 0 Å². The Kier molecular flexibility index (Phi) is 6.01. The summed E-state index contributed by atoms with van der Waals surface area (Å²) >= 11 is 0. The summed E-state index contributed by atoms with van der Waals surface area (Å²) < 4.78 is 57.4. The Hall–Kier alpha value is -3.56. The summed E-state index contributed by atoms with van der Waals surface area (Å²) in [6, 6.07) is 6.14. The standard InChI is InChI=1S/C19H12F4N3O/c1-2-6-11(9-24)13-14(16(21)18(23)17(22)15(13)20)19(27)12(10-25)26-7-4-3-5-8-26/h3-8,25H,2H2,1H3/q+1/b11-6-. The summed E-state index contributed by atoms with van der Waals surface area (Å²) in [6.07, 6.45) is 4.00. The third kappa shape index (κ3) is 3.54. The van der Waals surface area contributed by atoms with Gasteiger partial charge in [-0.25, -0.2) is 17.6 Å². The molecule has 8 heteroatoms. The molecule has 0 spiro atoms. The molecule has 1 aromatic heterocycles. The second-order valence-corrected chi connectivity index (χ2v) is 5.23. The molecule has 4 nitrogen and oxygen atoms in total. The Morgan fingerprint density at radius 2 is 1.63 bits per heavy atom. The predicted molar refractivity (Wildman–Crippen MR) is 88.6 cm³/mol. The van der Waals surface area contributed by atoms with Crippen LogP contribution < -0.4 is 4.57 Å². The number of nitrogens with zero attached hydrogens (tertiary/aromatic N) is 2. The zero-order valence-corrected chi connectivity index (χ0v) is 14.0. The maximum absolute atomic E-state index is 14.5. The lowest BCUT2D eigenvalue weighted by Crippen LogP contribution is -2.36. The van der Waals surface area contributed by atoms with Gasteiger partial charge in [-0.1, -0.05) is 19.1 Å². The fraction of sp³-hybridized carbons (Fsp3) is 0.105. The molecule has 0 aliphatic rings. The zero-order valence-electron chi connectivity index (χ0n) is 14.0. The first-order valence-electron chi connectivity index (χ1n) is 7.66. The molecule has 0 amide bonds. The van der Waals surface area contributed by atoms with Crippen molar-refractivity contribution in [3.05, 3.63) is 71.1 Å². The predicted octanol–water partition coefficient (Wildman–Crippen LogP) is 3.82. The summed E-state index contributed by atoms with van der Waals surface area (Å²) in [4.78, 5) is 12.8. The number of ketones is 1. The maximum atomic E-state index is 14.5. The van der Waals surface area contributed by atoms with Crippen LogP contribution in [-0.4, -0.2) is 11.7 Å². The highest BCUT2D eigenvalue weighted by Gasteiger charge is 2.35. The van der Waals surface area contributed by atoms with Crippen LogP contribution in [0, 0.1) is 40.0 Å². The van der Waals surface area contributed by atoms with Crippen molar-refractivity contribution in [3.8, 4) is 6.07 Å². The van der Waals surface area contributed by atoms with Crippen molar-refractivity contribution >= 4 is 22.9 Å².